The van der Waals surface area contributed by atoms with Crippen molar-refractivity contribution in [3.63, 3.8) is 0 Å². The number of benzene rings is 1. The molecule has 0 saturated heterocycles. The number of pyridine rings is 1. The van der Waals surface area contributed by atoms with Gasteiger partial charge in [0.05, 0.1) is 17.3 Å². The number of fused-ring (bicyclic) bond motifs is 1. The number of hydrogen-bond acceptors (Lipinski definition) is 4. The van der Waals surface area contributed by atoms with E-state index in [1.807, 2.05) is 32.0 Å². The average molecular weight is 333 g/mol. The lowest BCUT2D eigenvalue weighted by Crippen LogP contribution is -2.35. The van der Waals surface area contributed by atoms with Crippen LogP contribution < -0.4 is 14.8 Å². The van der Waals surface area contributed by atoms with Crippen molar-refractivity contribution in [1.82, 2.24) is 4.98 Å². The summed E-state index contributed by atoms with van der Waals surface area (Å²) in [5.41, 5.74) is 0.710. The number of nitrogens with one attached hydrogen (secondary N) is 1. The lowest BCUT2D eigenvalue weighted by atomic mass is 9.83. The summed E-state index contributed by atoms with van der Waals surface area (Å²) in [5.74, 6) is 1.24. The van der Waals surface area contributed by atoms with Gasteiger partial charge in [-0.05, 0) is 43.7 Å². The Labute approximate surface area is 139 Å². The maximum Gasteiger partial charge on any atom is 0.234 e. The lowest BCUT2D eigenvalue weighted by Gasteiger charge is -2.26. The third-order valence-corrected chi connectivity index (χ3v) is 4.04. The molecule has 0 atom stereocenters. The first-order chi connectivity index (χ1) is 11.0. The summed E-state index contributed by atoms with van der Waals surface area (Å²) < 4.78 is 11.1. The topological polar surface area (TPSA) is 60.5 Å². The molecule has 0 unspecified atom stereocenters. The van der Waals surface area contributed by atoms with Gasteiger partial charge in [-0.2, -0.15) is 0 Å². The molecule has 1 aromatic carbocycles. The van der Waals surface area contributed by atoms with E-state index < -0.39 is 5.41 Å². The van der Waals surface area contributed by atoms with Crippen LogP contribution in [0.1, 0.15) is 19.4 Å². The molecule has 1 aromatic heterocycles. The van der Waals surface area contributed by atoms with Crippen LogP contribution in [0.4, 0.5) is 5.69 Å². The summed E-state index contributed by atoms with van der Waals surface area (Å²) >= 11 is 5.75. The van der Waals surface area contributed by atoms with Gasteiger partial charge in [0, 0.05) is 0 Å². The summed E-state index contributed by atoms with van der Waals surface area (Å²) in [6.45, 7) is 4.77. The van der Waals surface area contributed by atoms with E-state index in [2.05, 4.69) is 10.3 Å². The van der Waals surface area contributed by atoms with Gasteiger partial charge in [0.1, 0.15) is 18.4 Å². The molecule has 3 rings (SSSR count). The van der Waals surface area contributed by atoms with Crippen LogP contribution in [0.2, 0.25) is 5.15 Å². The lowest BCUT2D eigenvalue weighted by molar-refractivity contribution is -0.120. The maximum atomic E-state index is 12.6. The van der Waals surface area contributed by atoms with Gasteiger partial charge >= 0.3 is 0 Å². The predicted octanol–water partition coefficient (Wildman–Crippen LogP) is 3.42. The van der Waals surface area contributed by atoms with E-state index in [1.165, 1.54) is 6.20 Å². The second-order valence-corrected chi connectivity index (χ2v) is 6.19. The third-order valence-electron chi connectivity index (χ3n) is 3.82. The normalized spacial score (nSPS) is 13.5. The van der Waals surface area contributed by atoms with Crippen LogP contribution in [0.15, 0.2) is 36.5 Å². The molecule has 23 heavy (non-hydrogen) atoms. The van der Waals surface area contributed by atoms with Crippen LogP contribution in [0, 0.1) is 0 Å². The van der Waals surface area contributed by atoms with Crippen molar-refractivity contribution in [2.75, 3.05) is 18.5 Å². The number of carbonyl (C=O) groups is 1. The SMILES string of the molecule is CC(C)(C(=O)Nc1ccc(Cl)nc1)c1ccc2c(c1)OCCO2. The molecule has 1 aliphatic rings. The highest BCUT2D eigenvalue weighted by Gasteiger charge is 2.31. The summed E-state index contributed by atoms with van der Waals surface area (Å²) in [6.07, 6.45) is 1.53. The fourth-order valence-electron chi connectivity index (χ4n) is 2.30. The number of halogens is 1. The Hall–Kier alpha value is -2.27. The van der Waals surface area contributed by atoms with Gasteiger partial charge in [-0.25, -0.2) is 4.98 Å². The molecule has 0 spiro atoms. The van der Waals surface area contributed by atoms with Crippen LogP contribution in [0.25, 0.3) is 0 Å². The largest absolute Gasteiger partial charge is 0.486 e. The highest BCUT2D eigenvalue weighted by molar-refractivity contribution is 6.29. The monoisotopic (exact) mass is 332 g/mol. The van der Waals surface area contributed by atoms with Crippen LogP contribution in [0.3, 0.4) is 0 Å². The molecule has 120 valence electrons. The average Bonchev–Trinajstić information content (AvgIpc) is 2.56. The molecule has 0 radical (unpaired) electrons. The van der Waals surface area contributed by atoms with Crippen LogP contribution >= 0.6 is 11.6 Å². The maximum absolute atomic E-state index is 12.6. The fraction of sp³-hybridized carbons (Fsp3) is 0.294. The zero-order valence-corrected chi connectivity index (χ0v) is 13.7. The first-order valence-corrected chi connectivity index (χ1v) is 7.68. The first kappa shape index (κ1) is 15.6. The van der Waals surface area contributed by atoms with Crippen molar-refractivity contribution in [1.29, 1.82) is 0 Å². The van der Waals surface area contributed by atoms with E-state index in [0.717, 1.165) is 5.56 Å². The molecule has 5 nitrogen and oxygen atoms in total. The summed E-state index contributed by atoms with van der Waals surface area (Å²) in [5, 5.41) is 3.24. The standard InChI is InChI=1S/C17H17ClN2O3/c1-17(2,16(21)20-12-4-6-15(18)19-10-12)11-3-5-13-14(9-11)23-8-7-22-13/h3-6,9-10H,7-8H2,1-2H3,(H,20,21). The van der Waals surface area contributed by atoms with Crippen molar-refractivity contribution in [2.45, 2.75) is 19.3 Å². The molecular weight excluding hydrogens is 316 g/mol. The van der Waals surface area contributed by atoms with Gasteiger partial charge < -0.3 is 14.8 Å². The van der Waals surface area contributed by atoms with Gasteiger partial charge in [-0.3, -0.25) is 4.79 Å². The third kappa shape index (κ3) is 3.24. The number of aromatic nitrogens is 1. The predicted molar refractivity (Wildman–Crippen MR) is 88.3 cm³/mol. The molecular formula is C17H17ClN2O3. The second-order valence-electron chi connectivity index (χ2n) is 5.81. The minimum atomic E-state index is -0.741. The summed E-state index contributed by atoms with van der Waals surface area (Å²) in [6, 6.07) is 8.92. The van der Waals surface area contributed by atoms with Gasteiger partial charge in [-0.1, -0.05) is 17.7 Å². The van der Waals surface area contributed by atoms with Crippen LogP contribution in [-0.2, 0) is 10.2 Å². The quantitative estimate of drug-likeness (QED) is 0.875. The molecule has 1 amide bonds. The van der Waals surface area contributed by atoms with Crippen LogP contribution in [0.5, 0.6) is 11.5 Å². The number of ether oxygens (including phenoxy) is 2. The Kier molecular flexibility index (Phi) is 4.13. The molecule has 1 N–H and O–H groups in total. The second kappa shape index (κ2) is 6.08. The van der Waals surface area contributed by atoms with Crippen molar-refractivity contribution < 1.29 is 14.3 Å². The van der Waals surface area contributed by atoms with E-state index in [-0.39, 0.29) is 5.91 Å². The van der Waals surface area contributed by atoms with Crippen molar-refractivity contribution in [3.8, 4) is 11.5 Å². The number of amides is 1. The van der Waals surface area contributed by atoms with E-state index >= 15 is 0 Å². The summed E-state index contributed by atoms with van der Waals surface area (Å²) in [4.78, 5) is 16.6. The first-order valence-electron chi connectivity index (χ1n) is 7.30. The number of nitrogens with zero attached hydrogens (tertiary/aromatic N) is 1. The van der Waals surface area contributed by atoms with E-state index in [1.54, 1.807) is 12.1 Å². The van der Waals surface area contributed by atoms with Crippen molar-refractivity contribution in [2.24, 2.45) is 0 Å². The van der Waals surface area contributed by atoms with Gasteiger partial charge in [0.25, 0.3) is 0 Å². The van der Waals surface area contributed by atoms with Gasteiger partial charge in [0.2, 0.25) is 5.91 Å². The Morgan fingerprint density at radius 3 is 2.61 bits per heavy atom. The smallest absolute Gasteiger partial charge is 0.234 e. The molecule has 0 fully saturated rings. The molecule has 0 aliphatic carbocycles. The fourth-order valence-corrected chi connectivity index (χ4v) is 2.41. The van der Waals surface area contributed by atoms with Crippen molar-refractivity contribution >= 4 is 23.2 Å². The van der Waals surface area contributed by atoms with Crippen molar-refractivity contribution in [3.05, 3.63) is 47.2 Å². The molecule has 2 heterocycles. The number of rotatable bonds is 3. The van der Waals surface area contributed by atoms with Gasteiger partial charge in [-0.15, -0.1) is 0 Å². The minimum Gasteiger partial charge on any atom is -0.486 e. The Bertz CT molecular complexity index is 729. The Balaban J connectivity index is 1.82. The van der Waals surface area contributed by atoms with Gasteiger partial charge in [0.15, 0.2) is 11.5 Å². The van der Waals surface area contributed by atoms with E-state index in [9.17, 15) is 4.79 Å². The number of hydrogen-bond donors (Lipinski definition) is 1. The van der Waals surface area contributed by atoms with E-state index in [0.29, 0.717) is 35.6 Å². The Morgan fingerprint density at radius 1 is 1.17 bits per heavy atom. The van der Waals surface area contributed by atoms with E-state index in [4.69, 9.17) is 21.1 Å². The zero-order chi connectivity index (χ0) is 16.4. The highest BCUT2D eigenvalue weighted by Crippen LogP contribution is 2.35. The molecule has 0 saturated carbocycles. The molecule has 6 heteroatoms. The molecule has 0 bridgehead atoms. The number of anilines is 1. The minimum absolute atomic E-state index is 0.140. The number of carbonyl (C=O) groups excluding carboxylic acids is 1. The zero-order valence-electron chi connectivity index (χ0n) is 12.9. The van der Waals surface area contributed by atoms with Crippen LogP contribution in [-0.4, -0.2) is 24.1 Å². The summed E-state index contributed by atoms with van der Waals surface area (Å²) in [7, 11) is 0. The molecule has 2 aromatic rings. The highest BCUT2D eigenvalue weighted by atomic mass is 35.5. The Morgan fingerprint density at radius 2 is 1.91 bits per heavy atom. The molecule has 1 aliphatic heterocycles.